The van der Waals surface area contributed by atoms with Crippen molar-refractivity contribution in [3.8, 4) is 0 Å². The van der Waals surface area contributed by atoms with Gasteiger partial charge in [0.1, 0.15) is 0 Å². The van der Waals surface area contributed by atoms with E-state index >= 15 is 0 Å². The quantitative estimate of drug-likeness (QED) is 0.878. The third kappa shape index (κ3) is 1.55. The van der Waals surface area contributed by atoms with Gasteiger partial charge in [0.25, 0.3) is 0 Å². The summed E-state index contributed by atoms with van der Waals surface area (Å²) in [6, 6.07) is 5.61. The summed E-state index contributed by atoms with van der Waals surface area (Å²) < 4.78 is 0.801. The fourth-order valence-electron chi connectivity index (χ4n) is 2.51. The van der Waals surface area contributed by atoms with Crippen molar-refractivity contribution in [2.45, 2.75) is 19.3 Å². The molecule has 0 bridgehead atoms. The third-order valence-corrected chi connectivity index (χ3v) is 3.86. The van der Waals surface area contributed by atoms with E-state index in [9.17, 15) is 9.90 Å². The summed E-state index contributed by atoms with van der Waals surface area (Å²) in [5, 5.41) is 10.1. The van der Waals surface area contributed by atoms with Crippen molar-refractivity contribution < 1.29 is 9.90 Å². The minimum absolute atomic E-state index is 0.426. The van der Waals surface area contributed by atoms with Crippen molar-refractivity contribution in [2.75, 3.05) is 0 Å². The largest absolute Gasteiger partial charge is 0.478 e. The maximum atomic E-state index is 11.5. The number of hydrogen-bond donors (Lipinski definition) is 1. The van der Waals surface area contributed by atoms with E-state index < -0.39 is 5.97 Å². The second-order valence-electron chi connectivity index (χ2n) is 4.20. The highest BCUT2D eigenvalue weighted by molar-refractivity contribution is 9.10. The van der Waals surface area contributed by atoms with Gasteiger partial charge in [-0.2, -0.15) is 0 Å². The van der Waals surface area contributed by atoms with Crippen LogP contribution in [0.4, 0.5) is 0 Å². The molecule has 0 unspecified atom stereocenters. The zero-order chi connectivity index (χ0) is 12.0. The van der Waals surface area contributed by atoms with Gasteiger partial charge in [-0.25, -0.2) is 4.79 Å². The molecule has 4 heteroatoms. The van der Waals surface area contributed by atoms with Gasteiger partial charge >= 0.3 is 5.97 Å². The standard InChI is InChI=1S/C13H10BrNO2/c14-8-4-2-6-10-12(8)11(13(16)17)7-3-1-5-9(7)15-10/h2,4,6H,1,3,5H2,(H,16,17). The molecular weight excluding hydrogens is 282 g/mol. The molecule has 3 rings (SSSR count). The maximum Gasteiger partial charge on any atom is 0.336 e. The Kier molecular flexibility index (Phi) is 2.40. The molecule has 1 aromatic carbocycles. The van der Waals surface area contributed by atoms with Crippen LogP contribution < -0.4 is 0 Å². The summed E-state index contributed by atoms with van der Waals surface area (Å²) in [4.78, 5) is 16.0. The van der Waals surface area contributed by atoms with E-state index in [1.165, 1.54) is 0 Å². The van der Waals surface area contributed by atoms with Crippen LogP contribution in [0.2, 0.25) is 0 Å². The highest BCUT2D eigenvalue weighted by atomic mass is 79.9. The van der Waals surface area contributed by atoms with Crippen molar-refractivity contribution in [1.29, 1.82) is 0 Å². The summed E-state index contributed by atoms with van der Waals surface area (Å²) >= 11 is 3.42. The Morgan fingerprint density at radius 3 is 2.94 bits per heavy atom. The fraction of sp³-hybridized carbons (Fsp3) is 0.231. The number of aryl methyl sites for hydroxylation is 1. The van der Waals surface area contributed by atoms with Crippen molar-refractivity contribution in [3.63, 3.8) is 0 Å². The number of carboxylic acids is 1. The molecule has 1 aliphatic rings. The van der Waals surface area contributed by atoms with Crippen LogP contribution in [0.25, 0.3) is 10.9 Å². The number of carboxylic acid groups (broad SMARTS) is 1. The summed E-state index contributed by atoms with van der Waals surface area (Å²) in [6.45, 7) is 0. The molecule has 1 aromatic heterocycles. The van der Waals surface area contributed by atoms with E-state index in [-0.39, 0.29) is 0 Å². The molecule has 0 aliphatic heterocycles. The molecule has 1 heterocycles. The molecule has 2 aromatic rings. The zero-order valence-corrected chi connectivity index (χ0v) is 10.6. The first-order valence-electron chi connectivity index (χ1n) is 5.52. The number of hydrogen-bond acceptors (Lipinski definition) is 2. The van der Waals surface area contributed by atoms with E-state index in [0.717, 1.165) is 45.9 Å². The summed E-state index contributed by atoms with van der Waals surface area (Å²) in [5.74, 6) is -0.859. The molecule has 1 N–H and O–H groups in total. The Hall–Kier alpha value is -1.42. The van der Waals surface area contributed by atoms with E-state index in [1.54, 1.807) is 0 Å². The Balaban J connectivity index is 2.50. The minimum atomic E-state index is -0.859. The van der Waals surface area contributed by atoms with Gasteiger partial charge < -0.3 is 5.11 Å². The van der Waals surface area contributed by atoms with Crippen molar-refractivity contribution in [2.24, 2.45) is 0 Å². The van der Waals surface area contributed by atoms with Gasteiger partial charge in [-0.3, -0.25) is 4.98 Å². The van der Waals surface area contributed by atoms with Crippen molar-refractivity contribution in [3.05, 3.63) is 39.5 Å². The second-order valence-corrected chi connectivity index (χ2v) is 5.06. The molecule has 0 atom stereocenters. The van der Waals surface area contributed by atoms with Crippen LogP contribution >= 0.6 is 15.9 Å². The normalized spacial score (nSPS) is 13.9. The average molecular weight is 292 g/mol. The van der Waals surface area contributed by atoms with E-state index in [2.05, 4.69) is 20.9 Å². The predicted molar refractivity (Wildman–Crippen MR) is 68.4 cm³/mol. The van der Waals surface area contributed by atoms with Crippen LogP contribution in [0, 0.1) is 0 Å². The molecule has 86 valence electrons. The Bertz CT molecular complexity index is 637. The number of aromatic carboxylic acids is 1. The first kappa shape index (κ1) is 10.7. The molecule has 17 heavy (non-hydrogen) atoms. The smallest absolute Gasteiger partial charge is 0.336 e. The topological polar surface area (TPSA) is 50.2 Å². The minimum Gasteiger partial charge on any atom is -0.478 e. The predicted octanol–water partition coefficient (Wildman–Crippen LogP) is 3.18. The lowest BCUT2D eigenvalue weighted by Crippen LogP contribution is -2.05. The Morgan fingerprint density at radius 1 is 1.35 bits per heavy atom. The number of rotatable bonds is 1. The maximum absolute atomic E-state index is 11.5. The number of nitrogens with zero attached hydrogens (tertiary/aromatic N) is 1. The van der Waals surface area contributed by atoms with E-state index in [0.29, 0.717) is 5.56 Å². The average Bonchev–Trinajstić information content (AvgIpc) is 2.73. The van der Waals surface area contributed by atoms with Crippen LogP contribution in [0.3, 0.4) is 0 Å². The Morgan fingerprint density at radius 2 is 2.18 bits per heavy atom. The van der Waals surface area contributed by atoms with Crippen LogP contribution in [-0.2, 0) is 12.8 Å². The lowest BCUT2D eigenvalue weighted by atomic mass is 10.0. The third-order valence-electron chi connectivity index (χ3n) is 3.20. The number of halogens is 1. The molecule has 0 amide bonds. The number of aromatic nitrogens is 1. The second kappa shape index (κ2) is 3.81. The fourth-order valence-corrected chi connectivity index (χ4v) is 3.06. The lowest BCUT2D eigenvalue weighted by molar-refractivity contribution is 0.0698. The van der Waals surface area contributed by atoms with Crippen LogP contribution in [-0.4, -0.2) is 16.1 Å². The van der Waals surface area contributed by atoms with Gasteiger partial charge in [0.2, 0.25) is 0 Å². The van der Waals surface area contributed by atoms with E-state index in [4.69, 9.17) is 0 Å². The van der Waals surface area contributed by atoms with Crippen LogP contribution in [0.1, 0.15) is 28.0 Å². The summed E-state index contributed by atoms with van der Waals surface area (Å²) in [5.41, 5.74) is 3.05. The zero-order valence-electron chi connectivity index (χ0n) is 9.03. The lowest BCUT2D eigenvalue weighted by Gasteiger charge is -2.09. The molecule has 0 saturated carbocycles. The van der Waals surface area contributed by atoms with Gasteiger partial charge in [-0.1, -0.05) is 22.0 Å². The van der Waals surface area contributed by atoms with Gasteiger partial charge in [0.05, 0.1) is 11.1 Å². The number of carbonyl (C=O) groups is 1. The SMILES string of the molecule is O=C(O)c1c2c(nc3cccc(Br)c13)CCC2. The van der Waals surface area contributed by atoms with Crippen molar-refractivity contribution >= 4 is 32.8 Å². The number of pyridine rings is 1. The molecule has 1 aliphatic carbocycles. The molecule has 0 fully saturated rings. The molecule has 0 spiro atoms. The monoisotopic (exact) mass is 291 g/mol. The van der Waals surface area contributed by atoms with Crippen molar-refractivity contribution in [1.82, 2.24) is 4.98 Å². The van der Waals surface area contributed by atoms with Gasteiger partial charge in [0, 0.05) is 15.6 Å². The highest BCUT2D eigenvalue weighted by Crippen LogP contribution is 2.33. The molecular formula is C13H10BrNO2. The number of benzene rings is 1. The van der Waals surface area contributed by atoms with Gasteiger partial charge in [-0.15, -0.1) is 0 Å². The van der Waals surface area contributed by atoms with Gasteiger partial charge in [0.15, 0.2) is 0 Å². The van der Waals surface area contributed by atoms with Gasteiger partial charge in [-0.05, 0) is 37.0 Å². The van der Waals surface area contributed by atoms with E-state index in [1.807, 2.05) is 18.2 Å². The van der Waals surface area contributed by atoms with Crippen LogP contribution in [0.5, 0.6) is 0 Å². The van der Waals surface area contributed by atoms with Crippen LogP contribution in [0.15, 0.2) is 22.7 Å². The summed E-state index contributed by atoms with van der Waals surface area (Å²) in [6.07, 6.45) is 2.70. The molecule has 0 saturated heterocycles. The summed E-state index contributed by atoms with van der Waals surface area (Å²) in [7, 11) is 0. The highest BCUT2D eigenvalue weighted by Gasteiger charge is 2.24. The first-order valence-corrected chi connectivity index (χ1v) is 6.31. The number of fused-ring (bicyclic) bond motifs is 2. The molecule has 0 radical (unpaired) electrons. The first-order chi connectivity index (χ1) is 8.18. The molecule has 3 nitrogen and oxygen atoms in total. The Labute approximate surface area is 107 Å².